The Morgan fingerprint density at radius 1 is 1.35 bits per heavy atom. The van der Waals surface area contributed by atoms with Crippen LogP contribution in [0, 0.1) is 5.92 Å². The highest BCUT2D eigenvalue weighted by Gasteiger charge is 2.28. The number of hydrogen-bond acceptors (Lipinski definition) is 6. The van der Waals surface area contributed by atoms with Crippen LogP contribution in [0.5, 0.6) is 0 Å². The maximum Gasteiger partial charge on any atom is 0.303 e. The molecule has 23 heavy (non-hydrogen) atoms. The molecule has 0 aliphatic carbocycles. The van der Waals surface area contributed by atoms with Gasteiger partial charge in [-0.05, 0) is 42.6 Å². The number of carbonyl (C=O) groups excluding carboxylic acids is 1. The van der Waals surface area contributed by atoms with E-state index in [0.717, 1.165) is 25.9 Å². The summed E-state index contributed by atoms with van der Waals surface area (Å²) in [5.41, 5.74) is 1.18. The summed E-state index contributed by atoms with van der Waals surface area (Å²) >= 11 is 0. The van der Waals surface area contributed by atoms with E-state index < -0.39 is 0 Å². The molecule has 1 aliphatic heterocycles. The molecule has 0 saturated carbocycles. The Morgan fingerprint density at radius 3 is 2.78 bits per heavy atom. The topological polar surface area (TPSA) is 81.9 Å². The van der Waals surface area contributed by atoms with Crippen LogP contribution in [0.15, 0.2) is 30.3 Å². The number of aromatic nitrogens is 4. The first-order valence-electron chi connectivity index (χ1n) is 7.91. The van der Waals surface area contributed by atoms with Gasteiger partial charge in [-0.15, -0.1) is 10.2 Å². The van der Waals surface area contributed by atoms with Gasteiger partial charge in [0.05, 0.1) is 0 Å². The third-order valence-electron chi connectivity index (χ3n) is 4.09. The molecule has 122 valence electrons. The van der Waals surface area contributed by atoms with E-state index in [0.29, 0.717) is 11.7 Å². The summed E-state index contributed by atoms with van der Waals surface area (Å²) in [5, 5.41) is 16.0. The quantitative estimate of drug-likeness (QED) is 0.838. The van der Waals surface area contributed by atoms with Gasteiger partial charge in [-0.3, -0.25) is 4.79 Å². The van der Waals surface area contributed by atoms with Crippen molar-refractivity contribution in [2.75, 3.05) is 13.1 Å². The van der Waals surface area contributed by atoms with E-state index in [1.165, 1.54) is 12.5 Å². The summed E-state index contributed by atoms with van der Waals surface area (Å²) in [6.07, 6.45) is 2.14. The van der Waals surface area contributed by atoms with Crippen molar-refractivity contribution in [2.45, 2.75) is 32.4 Å². The average molecular weight is 315 g/mol. The zero-order chi connectivity index (χ0) is 16.1. The SMILES string of the molecule is CC(=O)OCc1nnn(C(c2ccccc2)C2CCNCC2)n1. The van der Waals surface area contributed by atoms with Gasteiger partial charge in [0.15, 0.2) is 6.61 Å². The number of ether oxygens (including phenoxy) is 1. The van der Waals surface area contributed by atoms with Gasteiger partial charge in [0.1, 0.15) is 6.04 Å². The Morgan fingerprint density at radius 2 is 2.09 bits per heavy atom. The minimum Gasteiger partial charge on any atom is -0.457 e. The summed E-state index contributed by atoms with van der Waals surface area (Å²) in [6, 6.07) is 10.3. The molecule has 1 saturated heterocycles. The third kappa shape index (κ3) is 3.92. The normalized spacial score (nSPS) is 16.9. The van der Waals surface area contributed by atoms with Crippen LogP contribution in [0.25, 0.3) is 0 Å². The van der Waals surface area contributed by atoms with Crippen molar-refractivity contribution in [3.63, 3.8) is 0 Å². The van der Waals surface area contributed by atoms with Crippen molar-refractivity contribution >= 4 is 5.97 Å². The van der Waals surface area contributed by atoms with Gasteiger partial charge in [0.25, 0.3) is 0 Å². The van der Waals surface area contributed by atoms with Crippen LogP contribution in [0.3, 0.4) is 0 Å². The average Bonchev–Trinajstić information content (AvgIpc) is 3.04. The molecular weight excluding hydrogens is 294 g/mol. The van der Waals surface area contributed by atoms with E-state index in [2.05, 4.69) is 32.9 Å². The number of esters is 1. The van der Waals surface area contributed by atoms with Crippen molar-refractivity contribution in [1.82, 2.24) is 25.5 Å². The second-order valence-corrected chi connectivity index (χ2v) is 5.75. The predicted molar refractivity (Wildman–Crippen MR) is 83.5 cm³/mol. The van der Waals surface area contributed by atoms with Gasteiger partial charge in [0.2, 0.25) is 5.82 Å². The van der Waals surface area contributed by atoms with E-state index in [9.17, 15) is 4.79 Å². The summed E-state index contributed by atoms with van der Waals surface area (Å²) in [5.74, 6) is 0.531. The Hall–Kier alpha value is -2.28. The number of tetrazole rings is 1. The number of piperidine rings is 1. The molecule has 0 radical (unpaired) electrons. The Balaban J connectivity index is 1.84. The van der Waals surface area contributed by atoms with Crippen LogP contribution in [0.2, 0.25) is 0 Å². The van der Waals surface area contributed by atoms with E-state index in [-0.39, 0.29) is 18.6 Å². The Kier molecular flexibility index (Phi) is 4.97. The van der Waals surface area contributed by atoms with Crippen molar-refractivity contribution in [3.8, 4) is 0 Å². The lowest BCUT2D eigenvalue weighted by molar-refractivity contribution is -0.142. The molecule has 1 unspecified atom stereocenters. The highest BCUT2D eigenvalue weighted by atomic mass is 16.5. The van der Waals surface area contributed by atoms with E-state index in [1.807, 2.05) is 18.2 Å². The molecule has 1 aliphatic rings. The minimum atomic E-state index is -0.348. The zero-order valence-corrected chi connectivity index (χ0v) is 13.2. The molecule has 3 rings (SSSR count). The summed E-state index contributed by atoms with van der Waals surface area (Å²) < 4.78 is 4.94. The Labute approximate surface area is 135 Å². The maximum absolute atomic E-state index is 10.9. The fraction of sp³-hybridized carbons (Fsp3) is 0.500. The molecule has 1 N–H and O–H groups in total. The fourth-order valence-electron chi connectivity index (χ4n) is 3.00. The van der Waals surface area contributed by atoms with E-state index in [1.54, 1.807) is 4.80 Å². The fourth-order valence-corrected chi connectivity index (χ4v) is 3.00. The minimum absolute atomic E-state index is 0.0527. The Bertz CT molecular complexity index is 637. The van der Waals surface area contributed by atoms with Gasteiger partial charge in [0, 0.05) is 6.92 Å². The van der Waals surface area contributed by atoms with Crippen LogP contribution in [0.4, 0.5) is 0 Å². The lowest BCUT2D eigenvalue weighted by atomic mass is 9.86. The van der Waals surface area contributed by atoms with E-state index in [4.69, 9.17) is 4.74 Å². The van der Waals surface area contributed by atoms with Gasteiger partial charge in [-0.2, -0.15) is 4.80 Å². The van der Waals surface area contributed by atoms with Crippen LogP contribution >= 0.6 is 0 Å². The first kappa shape index (κ1) is 15.6. The number of nitrogens with zero attached hydrogens (tertiary/aromatic N) is 4. The van der Waals surface area contributed by atoms with E-state index >= 15 is 0 Å². The molecule has 1 fully saturated rings. The first-order valence-corrected chi connectivity index (χ1v) is 7.91. The molecule has 0 amide bonds. The first-order chi connectivity index (χ1) is 11.2. The number of benzene rings is 1. The van der Waals surface area contributed by atoms with Crippen molar-refractivity contribution in [1.29, 1.82) is 0 Å². The molecule has 0 bridgehead atoms. The highest BCUT2D eigenvalue weighted by Crippen LogP contribution is 2.31. The van der Waals surface area contributed by atoms with Crippen LogP contribution in [-0.4, -0.2) is 39.3 Å². The molecule has 0 spiro atoms. The smallest absolute Gasteiger partial charge is 0.303 e. The number of nitrogens with one attached hydrogen (secondary N) is 1. The predicted octanol–water partition coefficient (Wildman–Crippen LogP) is 1.33. The van der Waals surface area contributed by atoms with Crippen LogP contribution < -0.4 is 5.32 Å². The van der Waals surface area contributed by atoms with Gasteiger partial charge in [-0.25, -0.2) is 0 Å². The number of hydrogen-bond donors (Lipinski definition) is 1. The number of carbonyl (C=O) groups is 1. The molecule has 7 heteroatoms. The summed E-state index contributed by atoms with van der Waals surface area (Å²) in [7, 11) is 0. The molecule has 1 aromatic heterocycles. The summed E-state index contributed by atoms with van der Waals surface area (Å²) in [6.45, 7) is 3.43. The molecular formula is C16H21N5O2. The maximum atomic E-state index is 10.9. The van der Waals surface area contributed by atoms with Crippen LogP contribution in [-0.2, 0) is 16.1 Å². The van der Waals surface area contributed by atoms with Gasteiger partial charge in [-0.1, -0.05) is 30.3 Å². The highest BCUT2D eigenvalue weighted by molar-refractivity contribution is 5.65. The second-order valence-electron chi connectivity index (χ2n) is 5.75. The molecule has 1 atom stereocenters. The lowest BCUT2D eigenvalue weighted by Crippen LogP contribution is -2.34. The molecule has 1 aromatic carbocycles. The van der Waals surface area contributed by atoms with Crippen LogP contribution in [0.1, 0.15) is 37.2 Å². The van der Waals surface area contributed by atoms with Crippen molar-refractivity contribution < 1.29 is 9.53 Å². The summed E-state index contributed by atoms with van der Waals surface area (Å²) in [4.78, 5) is 12.6. The standard InChI is InChI=1S/C16H21N5O2/c1-12(22)23-11-15-18-20-21(19-15)16(13-5-3-2-4-6-13)14-7-9-17-10-8-14/h2-6,14,16-17H,7-11H2,1H3. The van der Waals surface area contributed by atoms with Gasteiger partial charge >= 0.3 is 5.97 Å². The van der Waals surface area contributed by atoms with Crippen molar-refractivity contribution in [3.05, 3.63) is 41.7 Å². The van der Waals surface area contributed by atoms with Gasteiger partial charge < -0.3 is 10.1 Å². The molecule has 2 aromatic rings. The monoisotopic (exact) mass is 315 g/mol. The molecule has 7 nitrogen and oxygen atoms in total. The van der Waals surface area contributed by atoms with Crippen molar-refractivity contribution in [2.24, 2.45) is 5.92 Å². The largest absolute Gasteiger partial charge is 0.457 e. The second kappa shape index (κ2) is 7.32. The molecule has 2 heterocycles. The zero-order valence-electron chi connectivity index (χ0n) is 13.2. The lowest BCUT2D eigenvalue weighted by Gasteiger charge is -2.30. The third-order valence-corrected chi connectivity index (χ3v) is 4.09. The number of rotatable bonds is 5.